The van der Waals surface area contributed by atoms with Gasteiger partial charge in [-0.25, -0.2) is 0 Å². The van der Waals surface area contributed by atoms with E-state index in [1.165, 1.54) is 28.1 Å². The minimum Gasteiger partial charge on any atom is -0.258 e. The number of hydrogen-bond acceptors (Lipinski definition) is 1. The van der Waals surface area contributed by atoms with Crippen molar-refractivity contribution in [3.63, 3.8) is 0 Å². The first-order chi connectivity index (χ1) is 8.37. The molecule has 0 fully saturated rings. The average Bonchev–Trinajstić information content (AvgIpc) is 2.19. The zero-order valence-corrected chi connectivity index (χ0v) is 16.5. The zero-order valence-electron chi connectivity index (χ0n) is 14.5. The predicted octanol–water partition coefficient (Wildman–Crippen LogP) is 5.15. The summed E-state index contributed by atoms with van der Waals surface area (Å²) in [6, 6.07) is 0. The summed E-state index contributed by atoms with van der Waals surface area (Å²) in [4.78, 5) is 5.04. The van der Waals surface area contributed by atoms with Crippen molar-refractivity contribution in [3.05, 3.63) is 28.1 Å². The van der Waals surface area contributed by atoms with E-state index < -0.39 is 16.1 Å². The molecule has 0 atom stereocenters. The van der Waals surface area contributed by atoms with Gasteiger partial charge >= 0.3 is 0 Å². The molecule has 1 aromatic heterocycles. The molecule has 0 bridgehead atoms. The molecule has 3 heteroatoms. The van der Waals surface area contributed by atoms with Gasteiger partial charge in [-0.15, -0.1) is 0 Å². The number of aryl methyl sites for hydroxylation is 1. The van der Waals surface area contributed by atoms with Crippen LogP contribution in [0.25, 0.3) is 0 Å². The SMILES string of the molecule is Cc1nc(C([Si](C)(C)C)[Si](C)(C)C)c(C)c(C)c1C. The average molecular weight is 294 g/mol. The first kappa shape index (κ1) is 16.6. The fourth-order valence-electron chi connectivity index (χ4n) is 3.49. The largest absolute Gasteiger partial charge is 0.258 e. The lowest BCUT2D eigenvalue weighted by Gasteiger charge is -2.39. The summed E-state index contributed by atoms with van der Waals surface area (Å²) in [6.07, 6.45) is 0. The van der Waals surface area contributed by atoms with E-state index in [1.807, 2.05) is 0 Å². The topological polar surface area (TPSA) is 12.9 Å². The summed E-state index contributed by atoms with van der Waals surface area (Å²) in [7, 11) is -2.52. The molecule has 0 spiro atoms. The molecule has 0 unspecified atom stereocenters. The molecule has 1 aromatic rings. The Hall–Kier alpha value is -0.416. The summed E-state index contributed by atoms with van der Waals surface area (Å²) >= 11 is 0. The van der Waals surface area contributed by atoms with Gasteiger partial charge in [0.15, 0.2) is 0 Å². The number of hydrogen-bond donors (Lipinski definition) is 0. The highest BCUT2D eigenvalue weighted by atomic mass is 28.4. The van der Waals surface area contributed by atoms with E-state index in [4.69, 9.17) is 4.98 Å². The Balaban J connectivity index is 3.58. The third kappa shape index (κ3) is 3.37. The normalized spacial score (nSPS) is 13.2. The van der Waals surface area contributed by atoms with Gasteiger partial charge in [-0.1, -0.05) is 39.3 Å². The van der Waals surface area contributed by atoms with Crippen molar-refractivity contribution in [1.82, 2.24) is 4.98 Å². The number of nitrogens with zero attached hydrogens (tertiary/aromatic N) is 1. The fourth-order valence-corrected chi connectivity index (χ4v) is 16.1. The molecule has 19 heavy (non-hydrogen) atoms. The fraction of sp³-hybridized carbons (Fsp3) is 0.688. The Morgan fingerprint density at radius 3 is 1.47 bits per heavy atom. The first-order valence-corrected chi connectivity index (χ1v) is 14.5. The minimum absolute atomic E-state index is 0.734. The highest BCUT2D eigenvalue weighted by Gasteiger charge is 2.40. The number of aromatic nitrogens is 1. The Bertz CT molecular complexity index is 465. The lowest BCUT2D eigenvalue weighted by molar-refractivity contribution is 0.970. The molecule has 0 radical (unpaired) electrons. The summed E-state index contributed by atoms with van der Waals surface area (Å²) < 4.78 is 0. The Labute approximate surface area is 121 Å². The van der Waals surface area contributed by atoms with Gasteiger partial charge in [0, 0.05) is 11.4 Å². The van der Waals surface area contributed by atoms with Crippen LogP contribution in [0, 0.1) is 27.7 Å². The van der Waals surface area contributed by atoms with Crippen molar-refractivity contribution in [2.24, 2.45) is 0 Å². The van der Waals surface area contributed by atoms with Gasteiger partial charge in [-0.05, 0) is 49.5 Å². The summed E-state index contributed by atoms with van der Waals surface area (Å²) in [5, 5.41) is 0.734. The van der Waals surface area contributed by atoms with Gasteiger partial charge in [-0.3, -0.25) is 4.98 Å². The van der Waals surface area contributed by atoms with Crippen LogP contribution in [0.15, 0.2) is 0 Å². The summed E-state index contributed by atoms with van der Waals surface area (Å²) in [5.41, 5.74) is 6.90. The molecule has 0 saturated carbocycles. The maximum Gasteiger partial charge on any atom is 0.0513 e. The first-order valence-electron chi connectivity index (χ1n) is 7.31. The molecule has 0 amide bonds. The molecule has 0 N–H and O–H groups in total. The van der Waals surface area contributed by atoms with E-state index in [1.54, 1.807) is 0 Å². The standard InChI is InChI=1S/C16H31NSi2/c1-11-12(2)14(4)17-15(13(11)3)16(18(5,6)7)19(8,9)10/h16H,1-10H3. The molecule has 1 rings (SSSR count). The molecule has 1 heterocycles. The lowest BCUT2D eigenvalue weighted by atomic mass is 10.0. The number of rotatable bonds is 3. The minimum atomic E-state index is -1.26. The van der Waals surface area contributed by atoms with Crippen LogP contribution in [0.4, 0.5) is 0 Å². The summed E-state index contributed by atoms with van der Waals surface area (Å²) in [6.45, 7) is 23.9. The van der Waals surface area contributed by atoms with E-state index in [9.17, 15) is 0 Å². The van der Waals surface area contributed by atoms with Gasteiger partial charge < -0.3 is 0 Å². The van der Waals surface area contributed by atoms with Crippen LogP contribution >= 0.6 is 0 Å². The second-order valence-corrected chi connectivity index (χ2v) is 19.3. The van der Waals surface area contributed by atoms with Gasteiger partial charge in [-0.2, -0.15) is 0 Å². The molecule has 0 saturated heterocycles. The Morgan fingerprint density at radius 1 is 0.684 bits per heavy atom. The van der Waals surface area contributed by atoms with Gasteiger partial charge in [0.2, 0.25) is 0 Å². The molecule has 1 nitrogen and oxygen atoms in total. The van der Waals surface area contributed by atoms with E-state index in [-0.39, 0.29) is 0 Å². The van der Waals surface area contributed by atoms with Gasteiger partial charge in [0.25, 0.3) is 0 Å². The summed E-state index contributed by atoms with van der Waals surface area (Å²) in [5.74, 6) is 0. The zero-order chi connectivity index (χ0) is 15.2. The highest BCUT2D eigenvalue weighted by molar-refractivity contribution is 6.96. The number of pyridine rings is 1. The van der Waals surface area contributed by atoms with Gasteiger partial charge in [0.05, 0.1) is 16.1 Å². The van der Waals surface area contributed by atoms with Crippen LogP contribution in [0.5, 0.6) is 0 Å². The molecular weight excluding hydrogens is 262 g/mol. The van der Waals surface area contributed by atoms with E-state index >= 15 is 0 Å². The monoisotopic (exact) mass is 293 g/mol. The molecule has 0 aliphatic heterocycles. The van der Waals surface area contributed by atoms with Crippen LogP contribution in [0.2, 0.25) is 39.3 Å². The smallest absolute Gasteiger partial charge is 0.0513 e. The third-order valence-electron chi connectivity index (χ3n) is 4.35. The Morgan fingerprint density at radius 2 is 1.11 bits per heavy atom. The lowest BCUT2D eigenvalue weighted by Crippen LogP contribution is -2.47. The van der Waals surface area contributed by atoms with Gasteiger partial charge in [0.1, 0.15) is 0 Å². The molecule has 0 aromatic carbocycles. The van der Waals surface area contributed by atoms with E-state index in [0.717, 1.165) is 5.16 Å². The molecule has 0 aliphatic carbocycles. The van der Waals surface area contributed by atoms with Crippen molar-refractivity contribution >= 4 is 16.1 Å². The second kappa shape index (κ2) is 5.17. The molecule has 108 valence electrons. The second-order valence-electron chi connectivity index (χ2n) is 8.12. The van der Waals surface area contributed by atoms with Crippen molar-refractivity contribution in [2.75, 3.05) is 0 Å². The van der Waals surface area contributed by atoms with Crippen LogP contribution < -0.4 is 0 Å². The highest BCUT2D eigenvalue weighted by Crippen LogP contribution is 2.37. The molecule has 0 aliphatic rings. The Kier molecular flexibility index (Phi) is 4.53. The van der Waals surface area contributed by atoms with E-state index in [0.29, 0.717) is 0 Å². The quantitative estimate of drug-likeness (QED) is 0.702. The third-order valence-corrected chi connectivity index (χ3v) is 13.6. The molecular formula is C16H31NSi2. The van der Waals surface area contributed by atoms with Crippen LogP contribution in [0.1, 0.15) is 33.2 Å². The maximum absolute atomic E-state index is 5.04. The van der Waals surface area contributed by atoms with Crippen molar-refractivity contribution in [3.8, 4) is 0 Å². The van der Waals surface area contributed by atoms with Crippen LogP contribution in [-0.4, -0.2) is 21.1 Å². The van der Waals surface area contributed by atoms with Crippen LogP contribution in [-0.2, 0) is 0 Å². The van der Waals surface area contributed by atoms with Crippen molar-refractivity contribution in [1.29, 1.82) is 0 Å². The predicted molar refractivity (Wildman–Crippen MR) is 92.6 cm³/mol. The van der Waals surface area contributed by atoms with Crippen molar-refractivity contribution < 1.29 is 0 Å². The van der Waals surface area contributed by atoms with Crippen molar-refractivity contribution in [2.45, 2.75) is 72.1 Å². The van der Waals surface area contributed by atoms with Crippen LogP contribution in [0.3, 0.4) is 0 Å². The van der Waals surface area contributed by atoms with E-state index in [2.05, 4.69) is 67.0 Å². The maximum atomic E-state index is 5.04.